The van der Waals surface area contributed by atoms with Gasteiger partial charge in [0.25, 0.3) is 0 Å². The van der Waals surface area contributed by atoms with Crippen molar-refractivity contribution in [3.63, 3.8) is 0 Å². The average molecular weight is 250 g/mol. The summed E-state index contributed by atoms with van der Waals surface area (Å²) >= 11 is 0. The molecule has 2 aromatic rings. The Labute approximate surface area is 112 Å². The Bertz CT molecular complexity index is 603. The molecule has 0 saturated carbocycles. The highest BCUT2D eigenvalue weighted by Crippen LogP contribution is 2.16. The number of hydrogen-bond acceptors (Lipinski definition) is 2. The normalized spacial score (nSPS) is 17.6. The second-order valence-electron chi connectivity index (χ2n) is 4.54. The van der Waals surface area contributed by atoms with Crippen LogP contribution in [0.2, 0.25) is 0 Å². The Hall–Kier alpha value is -2.42. The van der Waals surface area contributed by atoms with Gasteiger partial charge in [0.05, 0.1) is 0 Å². The minimum absolute atomic E-state index is 0.0654. The molecule has 0 radical (unpaired) electrons. The molecule has 0 saturated heterocycles. The Kier molecular flexibility index (Phi) is 2.88. The van der Waals surface area contributed by atoms with Gasteiger partial charge in [0.15, 0.2) is 0 Å². The SMILES string of the molecule is CC1C([O-])=N[N+]1=C(c1ccccc1)c1ccccc1. The van der Waals surface area contributed by atoms with Crippen molar-refractivity contribution in [1.82, 2.24) is 0 Å². The van der Waals surface area contributed by atoms with E-state index in [0.29, 0.717) is 0 Å². The van der Waals surface area contributed by atoms with Crippen LogP contribution in [0.25, 0.3) is 0 Å². The second-order valence-corrected chi connectivity index (χ2v) is 4.54. The number of hydrogen-bond donors (Lipinski definition) is 0. The number of hydrazone groups is 1. The summed E-state index contributed by atoms with van der Waals surface area (Å²) in [4.78, 5) is 0. The monoisotopic (exact) mass is 250 g/mol. The van der Waals surface area contributed by atoms with Crippen molar-refractivity contribution in [3.05, 3.63) is 71.8 Å². The van der Waals surface area contributed by atoms with E-state index in [1.54, 1.807) is 4.68 Å². The molecular weight excluding hydrogens is 236 g/mol. The van der Waals surface area contributed by atoms with Gasteiger partial charge < -0.3 is 5.11 Å². The van der Waals surface area contributed by atoms with Crippen LogP contribution in [-0.4, -0.2) is 22.3 Å². The lowest BCUT2D eigenvalue weighted by atomic mass is 10.0. The van der Waals surface area contributed by atoms with Gasteiger partial charge in [-0.3, -0.25) is 0 Å². The fraction of sp³-hybridized carbons (Fsp3) is 0.125. The van der Waals surface area contributed by atoms with Crippen LogP contribution in [0.5, 0.6) is 0 Å². The lowest BCUT2D eigenvalue weighted by molar-refractivity contribution is -0.595. The third-order valence-electron chi connectivity index (χ3n) is 3.25. The molecule has 0 bridgehead atoms. The van der Waals surface area contributed by atoms with Crippen molar-refractivity contribution in [1.29, 1.82) is 0 Å². The van der Waals surface area contributed by atoms with E-state index < -0.39 is 0 Å². The van der Waals surface area contributed by atoms with E-state index in [9.17, 15) is 5.11 Å². The molecule has 94 valence electrons. The van der Waals surface area contributed by atoms with Crippen molar-refractivity contribution in [2.75, 3.05) is 0 Å². The molecule has 0 spiro atoms. The average Bonchev–Trinajstić information content (AvgIpc) is 2.49. The first-order valence-corrected chi connectivity index (χ1v) is 6.30. The molecule has 0 aromatic heterocycles. The summed E-state index contributed by atoms with van der Waals surface area (Å²) in [7, 11) is 0. The van der Waals surface area contributed by atoms with E-state index >= 15 is 0 Å². The maximum Gasteiger partial charge on any atom is 0.246 e. The summed E-state index contributed by atoms with van der Waals surface area (Å²) in [5, 5.41) is 15.4. The summed E-state index contributed by atoms with van der Waals surface area (Å²) in [6.07, 6.45) is 0. The molecule has 1 unspecified atom stereocenters. The van der Waals surface area contributed by atoms with Gasteiger partial charge in [-0.25, -0.2) is 0 Å². The first-order valence-electron chi connectivity index (χ1n) is 6.30. The Morgan fingerprint density at radius 2 is 1.42 bits per heavy atom. The van der Waals surface area contributed by atoms with E-state index in [4.69, 9.17) is 0 Å². The summed E-state index contributed by atoms with van der Waals surface area (Å²) in [5.74, 6) is -0.0654. The van der Waals surface area contributed by atoms with Crippen LogP contribution in [-0.2, 0) is 0 Å². The van der Waals surface area contributed by atoms with Crippen LogP contribution < -0.4 is 5.11 Å². The minimum Gasteiger partial charge on any atom is -0.853 e. The molecule has 19 heavy (non-hydrogen) atoms. The lowest BCUT2D eigenvalue weighted by Gasteiger charge is -2.23. The van der Waals surface area contributed by atoms with Crippen LogP contribution >= 0.6 is 0 Å². The van der Waals surface area contributed by atoms with Crippen LogP contribution in [0, 0.1) is 0 Å². The van der Waals surface area contributed by atoms with Gasteiger partial charge in [-0.05, 0) is 29.4 Å². The van der Waals surface area contributed by atoms with Crippen LogP contribution in [0.4, 0.5) is 0 Å². The highest BCUT2D eigenvalue weighted by Gasteiger charge is 2.32. The fourth-order valence-electron chi connectivity index (χ4n) is 2.19. The molecule has 1 aliphatic rings. The van der Waals surface area contributed by atoms with Gasteiger partial charge in [-0.2, -0.15) is 0 Å². The maximum atomic E-state index is 11.4. The first-order chi connectivity index (χ1) is 9.27. The van der Waals surface area contributed by atoms with E-state index in [2.05, 4.69) is 5.10 Å². The van der Waals surface area contributed by atoms with E-state index in [-0.39, 0.29) is 11.9 Å². The quantitative estimate of drug-likeness (QED) is 0.746. The molecule has 0 amide bonds. The molecule has 3 nitrogen and oxygen atoms in total. The fourth-order valence-corrected chi connectivity index (χ4v) is 2.19. The molecule has 1 aliphatic heterocycles. The molecule has 1 heterocycles. The van der Waals surface area contributed by atoms with Gasteiger partial charge in [-0.15, -0.1) is 0 Å². The van der Waals surface area contributed by atoms with Crippen LogP contribution in [0.1, 0.15) is 18.1 Å². The first kappa shape index (κ1) is 11.7. The third-order valence-corrected chi connectivity index (χ3v) is 3.25. The molecule has 3 heteroatoms. The molecule has 3 rings (SSSR count). The van der Waals surface area contributed by atoms with E-state index in [0.717, 1.165) is 16.8 Å². The van der Waals surface area contributed by atoms with Gasteiger partial charge in [0.2, 0.25) is 11.8 Å². The second kappa shape index (κ2) is 4.69. The summed E-state index contributed by atoms with van der Waals surface area (Å²) in [6.45, 7) is 1.88. The smallest absolute Gasteiger partial charge is 0.246 e. The van der Waals surface area contributed by atoms with E-state index in [1.165, 1.54) is 0 Å². The maximum absolute atomic E-state index is 11.4. The zero-order valence-corrected chi connectivity index (χ0v) is 10.7. The van der Waals surface area contributed by atoms with Crippen molar-refractivity contribution < 1.29 is 9.79 Å². The van der Waals surface area contributed by atoms with Crippen LogP contribution in [0.3, 0.4) is 0 Å². The molecule has 2 aromatic carbocycles. The van der Waals surface area contributed by atoms with Gasteiger partial charge in [0, 0.05) is 18.1 Å². The van der Waals surface area contributed by atoms with Gasteiger partial charge >= 0.3 is 0 Å². The topological polar surface area (TPSA) is 38.4 Å². The van der Waals surface area contributed by atoms with Gasteiger partial charge in [0.1, 0.15) is 5.90 Å². The number of benzene rings is 2. The van der Waals surface area contributed by atoms with Crippen molar-refractivity contribution >= 4 is 11.6 Å². The highest BCUT2D eigenvalue weighted by atomic mass is 16.3. The Morgan fingerprint density at radius 1 is 0.947 bits per heavy atom. The number of nitrogens with zero attached hydrogens (tertiary/aromatic N) is 2. The largest absolute Gasteiger partial charge is 0.853 e. The summed E-state index contributed by atoms with van der Waals surface area (Å²) < 4.78 is 1.80. The standard InChI is InChI=1S/C16H14N2O/c1-12-16(19)17-18(12)15(13-8-4-2-5-9-13)14-10-6-3-7-11-14/h2-12H,1H3. The van der Waals surface area contributed by atoms with Crippen LogP contribution in [0.15, 0.2) is 65.8 Å². The molecule has 0 aliphatic carbocycles. The lowest BCUT2D eigenvalue weighted by Crippen LogP contribution is -2.49. The molecular formula is C16H14N2O. The Balaban J connectivity index is 2.20. The predicted molar refractivity (Wildman–Crippen MR) is 73.3 cm³/mol. The predicted octanol–water partition coefficient (Wildman–Crippen LogP) is 1.61. The van der Waals surface area contributed by atoms with Gasteiger partial charge in [-0.1, -0.05) is 41.1 Å². The third kappa shape index (κ3) is 2.03. The zero-order valence-electron chi connectivity index (χ0n) is 10.7. The van der Waals surface area contributed by atoms with Crippen molar-refractivity contribution in [2.24, 2.45) is 5.10 Å². The summed E-state index contributed by atoms with van der Waals surface area (Å²) in [5.41, 5.74) is 3.11. The Morgan fingerprint density at radius 3 is 1.79 bits per heavy atom. The van der Waals surface area contributed by atoms with Crippen molar-refractivity contribution in [2.45, 2.75) is 13.0 Å². The van der Waals surface area contributed by atoms with E-state index in [1.807, 2.05) is 67.6 Å². The molecule has 1 atom stereocenters. The van der Waals surface area contributed by atoms with Crippen molar-refractivity contribution in [3.8, 4) is 0 Å². The number of rotatable bonds is 2. The molecule has 0 N–H and O–H groups in total. The summed E-state index contributed by atoms with van der Waals surface area (Å²) in [6, 6.07) is 19.9. The highest BCUT2D eigenvalue weighted by molar-refractivity contribution is 6.10. The zero-order chi connectivity index (χ0) is 13.2. The molecule has 0 fully saturated rings. The minimum atomic E-state index is -0.185.